The van der Waals surface area contributed by atoms with Crippen LogP contribution in [0.2, 0.25) is 0 Å². The predicted octanol–water partition coefficient (Wildman–Crippen LogP) is -1.13. The van der Waals surface area contributed by atoms with E-state index in [0.717, 1.165) is 4.90 Å². The predicted molar refractivity (Wildman–Crippen MR) is 51.4 cm³/mol. The van der Waals surface area contributed by atoms with Gasteiger partial charge in [-0.3, -0.25) is 9.59 Å². The molecule has 1 unspecified atom stereocenters. The Labute approximate surface area is 91.8 Å². The largest absolute Gasteiger partial charge is 0.479 e. The van der Waals surface area contributed by atoms with Gasteiger partial charge in [-0.15, -0.1) is 0 Å². The second kappa shape index (κ2) is 3.28. The van der Waals surface area contributed by atoms with E-state index in [1.165, 1.54) is 6.92 Å². The van der Waals surface area contributed by atoms with Gasteiger partial charge in [-0.05, 0) is 6.92 Å². The minimum absolute atomic E-state index is 0.440. The van der Waals surface area contributed by atoms with Crippen LogP contribution < -0.4 is 0 Å². The van der Waals surface area contributed by atoms with E-state index in [2.05, 4.69) is 0 Å². The first kappa shape index (κ1) is 11.1. The van der Waals surface area contributed by atoms with Gasteiger partial charge in [0.15, 0.2) is 11.8 Å². The number of nitrogens with zero attached hydrogens (tertiary/aromatic N) is 1. The molecule has 2 rings (SSSR count). The minimum atomic E-state index is -1.36. The standard InChI is InChI=1S/C10H13NO5/c1-3-6-5(4(2)12)9(14)11(6)7(8(3)13)10(15)16/h3-7,12H,1-2H3,(H,15,16)/t3-,4+,5-,6+,7?/m1/s1. The molecule has 2 N–H and O–H groups in total. The molecular formula is C10H13NO5. The zero-order valence-electron chi connectivity index (χ0n) is 8.95. The number of amides is 1. The maximum absolute atomic E-state index is 11.7. The first-order valence-electron chi connectivity index (χ1n) is 5.14. The average Bonchev–Trinajstić information content (AvgIpc) is 2.38. The molecule has 88 valence electrons. The first-order chi connectivity index (χ1) is 7.37. The van der Waals surface area contributed by atoms with Crippen molar-refractivity contribution in [3.05, 3.63) is 0 Å². The van der Waals surface area contributed by atoms with Crippen molar-refractivity contribution in [2.24, 2.45) is 11.8 Å². The Morgan fingerprint density at radius 1 is 1.44 bits per heavy atom. The quantitative estimate of drug-likeness (QED) is 0.459. The second-order valence-corrected chi connectivity index (χ2v) is 4.43. The Balaban J connectivity index is 2.32. The van der Waals surface area contributed by atoms with Crippen molar-refractivity contribution < 1.29 is 24.6 Å². The molecule has 2 aliphatic heterocycles. The number of carbonyl (C=O) groups excluding carboxylic acids is 2. The van der Waals surface area contributed by atoms with Crippen molar-refractivity contribution in [3.63, 3.8) is 0 Å². The molecule has 2 heterocycles. The lowest BCUT2D eigenvalue weighted by molar-refractivity contribution is -0.171. The number of carboxylic acids is 1. The van der Waals surface area contributed by atoms with Gasteiger partial charge in [0.05, 0.1) is 18.1 Å². The third-order valence-electron chi connectivity index (χ3n) is 3.49. The molecule has 6 nitrogen and oxygen atoms in total. The minimum Gasteiger partial charge on any atom is -0.479 e. The summed E-state index contributed by atoms with van der Waals surface area (Å²) in [5.74, 6) is -3.34. The number of aliphatic carboxylic acids is 1. The Morgan fingerprint density at radius 2 is 2.00 bits per heavy atom. The van der Waals surface area contributed by atoms with Crippen LogP contribution in [-0.2, 0) is 14.4 Å². The number of ketones is 1. The van der Waals surface area contributed by atoms with Gasteiger partial charge >= 0.3 is 5.97 Å². The Morgan fingerprint density at radius 3 is 2.44 bits per heavy atom. The fraction of sp³-hybridized carbons (Fsp3) is 0.700. The first-order valence-corrected chi connectivity index (χ1v) is 5.14. The van der Waals surface area contributed by atoms with E-state index < -0.39 is 47.7 Å². The molecule has 2 aliphatic rings. The topological polar surface area (TPSA) is 94.9 Å². The van der Waals surface area contributed by atoms with Crippen LogP contribution in [0.3, 0.4) is 0 Å². The smallest absolute Gasteiger partial charge is 0.334 e. The van der Waals surface area contributed by atoms with Crippen LogP contribution in [0.15, 0.2) is 0 Å². The number of aliphatic hydroxyl groups is 1. The van der Waals surface area contributed by atoms with Crippen molar-refractivity contribution in [1.82, 2.24) is 4.90 Å². The number of rotatable bonds is 2. The summed E-state index contributed by atoms with van der Waals surface area (Å²) in [4.78, 5) is 35.3. The molecule has 2 fully saturated rings. The van der Waals surface area contributed by atoms with Gasteiger partial charge in [-0.1, -0.05) is 6.92 Å². The lowest BCUT2D eigenvalue weighted by Crippen LogP contribution is -2.65. The maximum Gasteiger partial charge on any atom is 0.334 e. The molecule has 0 radical (unpaired) electrons. The molecule has 0 aromatic rings. The summed E-state index contributed by atoms with van der Waals surface area (Å²) in [5.41, 5.74) is 0. The fourth-order valence-corrected chi connectivity index (χ4v) is 2.69. The van der Waals surface area contributed by atoms with Gasteiger partial charge in [0.2, 0.25) is 5.91 Å². The third kappa shape index (κ3) is 1.13. The highest BCUT2D eigenvalue weighted by Crippen LogP contribution is 2.42. The molecule has 0 bridgehead atoms. The monoisotopic (exact) mass is 227 g/mol. The highest BCUT2D eigenvalue weighted by Gasteiger charge is 2.64. The highest BCUT2D eigenvalue weighted by molar-refractivity contribution is 6.11. The molecule has 16 heavy (non-hydrogen) atoms. The van der Waals surface area contributed by atoms with E-state index >= 15 is 0 Å². The normalized spacial score (nSPS) is 39.3. The van der Waals surface area contributed by atoms with Gasteiger partial charge in [0, 0.05) is 5.92 Å². The number of hydrogen-bond donors (Lipinski definition) is 2. The van der Waals surface area contributed by atoms with E-state index in [1.807, 2.05) is 0 Å². The molecule has 0 aromatic carbocycles. The van der Waals surface area contributed by atoms with Gasteiger partial charge in [-0.2, -0.15) is 0 Å². The number of aliphatic hydroxyl groups excluding tert-OH is 1. The number of hydrogen-bond acceptors (Lipinski definition) is 4. The van der Waals surface area contributed by atoms with Crippen molar-refractivity contribution in [2.45, 2.75) is 32.0 Å². The highest BCUT2D eigenvalue weighted by atomic mass is 16.4. The summed E-state index contributed by atoms with van der Waals surface area (Å²) in [5, 5.41) is 18.3. The summed E-state index contributed by atoms with van der Waals surface area (Å²) in [6.45, 7) is 3.08. The molecular weight excluding hydrogens is 214 g/mol. The molecule has 6 heteroatoms. The Kier molecular flexibility index (Phi) is 2.27. The number of fused-ring (bicyclic) bond motifs is 1. The van der Waals surface area contributed by atoms with E-state index in [1.54, 1.807) is 6.92 Å². The van der Waals surface area contributed by atoms with Crippen molar-refractivity contribution >= 4 is 17.7 Å². The molecule has 1 amide bonds. The fourth-order valence-electron chi connectivity index (χ4n) is 2.69. The lowest BCUT2D eigenvalue weighted by atomic mass is 9.79. The van der Waals surface area contributed by atoms with E-state index in [4.69, 9.17) is 5.11 Å². The van der Waals surface area contributed by atoms with Crippen LogP contribution in [0, 0.1) is 11.8 Å². The zero-order chi connectivity index (χ0) is 12.2. The second-order valence-electron chi connectivity index (χ2n) is 4.43. The summed E-state index contributed by atoms with van der Waals surface area (Å²) in [7, 11) is 0. The molecule has 0 saturated carbocycles. The number of β-lactam (4-membered cyclic amide) rings is 1. The van der Waals surface area contributed by atoms with Crippen molar-refractivity contribution in [2.75, 3.05) is 0 Å². The van der Waals surface area contributed by atoms with E-state index in [0.29, 0.717) is 0 Å². The Hall–Kier alpha value is -1.43. The average molecular weight is 227 g/mol. The van der Waals surface area contributed by atoms with Crippen LogP contribution in [0.5, 0.6) is 0 Å². The van der Waals surface area contributed by atoms with Gasteiger partial charge < -0.3 is 15.1 Å². The van der Waals surface area contributed by atoms with Crippen LogP contribution in [0.4, 0.5) is 0 Å². The molecule has 0 aliphatic carbocycles. The summed E-state index contributed by atoms with van der Waals surface area (Å²) < 4.78 is 0. The molecule has 5 atom stereocenters. The van der Waals surface area contributed by atoms with Gasteiger partial charge in [-0.25, -0.2) is 4.79 Å². The van der Waals surface area contributed by atoms with Crippen LogP contribution in [-0.4, -0.2) is 51.0 Å². The lowest BCUT2D eigenvalue weighted by Gasteiger charge is -2.46. The number of carboxylic acid groups (broad SMARTS) is 1. The summed E-state index contributed by atoms with van der Waals surface area (Å²) in [6, 6.07) is -1.82. The van der Waals surface area contributed by atoms with Crippen molar-refractivity contribution in [1.29, 1.82) is 0 Å². The number of Topliss-reactive ketones (excluding diaryl/α,β-unsaturated/α-hetero) is 1. The van der Waals surface area contributed by atoms with E-state index in [-0.39, 0.29) is 0 Å². The molecule has 0 spiro atoms. The summed E-state index contributed by atoms with van der Waals surface area (Å²) in [6.07, 6.45) is -0.850. The van der Waals surface area contributed by atoms with Crippen LogP contribution in [0.25, 0.3) is 0 Å². The van der Waals surface area contributed by atoms with E-state index in [9.17, 15) is 19.5 Å². The number of carbonyl (C=O) groups is 3. The molecule has 2 saturated heterocycles. The SMILES string of the molecule is C[C@H](O)[C@H]1C(=O)N2C(C(=O)O)C(=O)[C@H](C)[C@@H]12. The zero-order valence-corrected chi connectivity index (χ0v) is 8.95. The van der Waals surface area contributed by atoms with Crippen LogP contribution in [0.1, 0.15) is 13.8 Å². The summed E-state index contributed by atoms with van der Waals surface area (Å²) >= 11 is 0. The third-order valence-corrected chi connectivity index (χ3v) is 3.49. The molecule has 0 aromatic heterocycles. The van der Waals surface area contributed by atoms with Crippen molar-refractivity contribution in [3.8, 4) is 0 Å². The van der Waals surface area contributed by atoms with Crippen LogP contribution >= 0.6 is 0 Å². The van der Waals surface area contributed by atoms with Gasteiger partial charge in [0.1, 0.15) is 0 Å². The van der Waals surface area contributed by atoms with Gasteiger partial charge in [0.25, 0.3) is 0 Å². The maximum atomic E-state index is 11.7. The Bertz CT molecular complexity index is 377.